The Balaban J connectivity index is 1.42. The first-order valence-electron chi connectivity index (χ1n) is 7.71. The number of ether oxygens (including phenoxy) is 2. The van der Waals surface area contributed by atoms with Gasteiger partial charge in [-0.25, -0.2) is 4.98 Å². The van der Waals surface area contributed by atoms with Gasteiger partial charge in [-0.15, -0.1) is 0 Å². The smallest absolute Gasteiger partial charge is 0.179 e. The van der Waals surface area contributed by atoms with E-state index in [4.69, 9.17) is 9.47 Å². The molecule has 2 fully saturated rings. The molecular formula is C16H19N3O3. The number of likely N-dealkylation sites (tertiary alicyclic amines) is 1. The van der Waals surface area contributed by atoms with Crippen LogP contribution in [0.3, 0.4) is 0 Å². The number of H-pyrrole nitrogens is 1. The lowest BCUT2D eigenvalue weighted by molar-refractivity contribution is -0.184. The number of carbonyl (C=O) groups is 1. The van der Waals surface area contributed by atoms with E-state index in [1.165, 1.54) is 0 Å². The molecule has 0 aliphatic carbocycles. The number of Topliss-reactive ketones (excluding diaryl/α,β-unsaturated/α-hetero) is 1. The lowest BCUT2D eigenvalue weighted by Gasteiger charge is -2.37. The highest BCUT2D eigenvalue weighted by molar-refractivity contribution is 6.08. The second kappa shape index (κ2) is 5.46. The Labute approximate surface area is 128 Å². The largest absolute Gasteiger partial charge is 0.347 e. The Morgan fingerprint density at radius 2 is 2.09 bits per heavy atom. The van der Waals surface area contributed by atoms with Gasteiger partial charge in [-0.3, -0.25) is 9.69 Å². The zero-order valence-electron chi connectivity index (χ0n) is 12.4. The molecule has 6 nitrogen and oxygen atoms in total. The maximum absolute atomic E-state index is 12.5. The van der Waals surface area contributed by atoms with E-state index >= 15 is 0 Å². The monoisotopic (exact) mass is 301 g/mol. The fourth-order valence-electron chi connectivity index (χ4n) is 3.31. The minimum atomic E-state index is -0.385. The average Bonchev–Trinajstić information content (AvgIpc) is 3.17. The van der Waals surface area contributed by atoms with Gasteiger partial charge in [-0.05, 0) is 12.1 Å². The predicted octanol–water partition coefficient (Wildman–Crippen LogP) is 1.58. The van der Waals surface area contributed by atoms with Gasteiger partial charge in [0.15, 0.2) is 11.6 Å². The molecule has 2 aromatic heterocycles. The molecular weight excluding hydrogens is 282 g/mol. The number of aromatic amines is 1. The molecule has 4 rings (SSSR count). The molecule has 4 heterocycles. The van der Waals surface area contributed by atoms with Gasteiger partial charge < -0.3 is 14.5 Å². The van der Waals surface area contributed by atoms with Crippen molar-refractivity contribution in [1.82, 2.24) is 14.9 Å². The quantitative estimate of drug-likeness (QED) is 0.872. The molecule has 0 bridgehead atoms. The van der Waals surface area contributed by atoms with Crippen LogP contribution in [0.4, 0.5) is 0 Å². The number of hydrogen-bond donors (Lipinski definition) is 1. The van der Waals surface area contributed by atoms with Crippen molar-refractivity contribution in [3.05, 3.63) is 30.1 Å². The summed E-state index contributed by atoms with van der Waals surface area (Å²) in [6.07, 6.45) is 5.14. The molecule has 22 heavy (non-hydrogen) atoms. The Kier molecular flexibility index (Phi) is 3.44. The molecule has 6 heteroatoms. The number of pyridine rings is 1. The van der Waals surface area contributed by atoms with Crippen LogP contribution in [0, 0.1) is 0 Å². The summed E-state index contributed by atoms with van der Waals surface area (Å²) in [5, 5.41) is 0.892. The first-order chi connectivity index (χ1) is 10.8. The van der Waals surface area contributed by atoms with Crippen molar-refractivity contribution in [3.63, 3.8) is 0 Å². The van der Waals surface area contributed by atoms with Crippen molar-refractivity contribution in [2.75, 3.05) is 32.8 Å². The summed E-state index contributed by atoms with van der Waals surface area (Å²) in [5.74, 6) is -0.256. The molecule has 0 radical (unpaired) electrons. The first kappa shape index (κ1) is 13.9. The zero-order valence-corrected chi connectivity index (χ0v) is 12.4. The zero-order chi connectivity index (χ0) is 15.0. The van der Waals surface area contributed by atoms with Crippen LogP contribution in [0.1, 0.15) is 23.2 Å². The van der Waals surface area contributed by atoms with Crippen molar-refractivity contribution in [2.24, 2.45) is 0 Å². The highest BCUT2D eigenvalue weighted by atomic mass is 16.7. The number of aromatic nitrogens is 2. The summed E-state index contributed by atoms with van der Waals surface area (Å²) in [5.41, 5.74) is 1.48. The fourth-order valence-corrected chi connectivity index (χ4v) is 3.31. The molecule has 0 amide bonds. The number of carbonyl (C=O) groups excluding carboxylic acids is 1. The first-order valence-corrected chi connectivity index (χ1v) is 7.71. The van der Waals surface area contributed by atoms with Crippen LogP contribution < -0.4 is 0 Å². The molecule has 2 aliphatic rings. The standard InChI is InChI=1S/C16H19N3O3/c20-14(13-10-18-15-12(13)2-1-5-17-15)11-19-6-3-16(4-7-19)21-8-9-22-16/h1-2,5,10H,3-4,6-9,11H2,(H,17,18). The van der Waals surface area contributed by atoms with E-state index in [0.717, 1.165) is 42.5 Å². The van der Waals surface area contributed by atoms with E-state index in [2.05, 4.69) is 14.9 Å². The fraction of sp³-hybridized carbons (Fsp3) is 0.500. The normalized spacial score (nSPS) is 21.6. The Morgan fingerprint density at radius 3 is 2.86 bits per heavy atom. The van der Waals surface area contributed by atoms with Crippen molar-refractivity contribution in [3.8, 4) is 0 Å². The van der Waals surface area contributed by atoms with Crippen molar-refractivity contribution < 1.29 is 14.3 Å². The van der Waals surface area contributed by atoms with Crippen molar-refractivity contribution >= 4 is 16.8 Å². The van der Waals surface area contributed by atoms with Gasteiger partial charge in [0.05, 0.1) is 19.8 Å². The topological polar surface area (TPSA) is 67.5 Å². The lowest BCUT2D eigenvalue weighted by atomic mass is 10.0. The van der Waals surface area contributed by atoms with Gasteiger partial charge in [-0.2, -0.15) is 0 Å². The maximum Gasteiger partial charge on any atom is 0.179 e. The average molecular weight is 301 g/mol. The number of rotatable bonds is 3. The van der Waals surface area contributed by atoms with Crippen molar-refractivity contribution in [1.29, 1.82) is 0 Å². The molecule has 2 saturated heterocycles. The number of fused-ring (bicyclic) bond motifs is 1. The Morgan fingerprint density at radius 1 is 1.32 bits per heavy atom. The second-order valence-electron chi connectivity index (χ2n) is 5.91. The molecule has 0 atom stereocenters. The molecule has 0 aromatic carbocycles. The summed E-state index contributed by atoms with van der Waals surface area (Å²) in [7, 11) is 0. The van der Waals surface area contributed by atoms with Crippen LogP contribution in [0.25, 0.3) is 11.0 Å². The third-order valence-corrected chi connectivity index (χ3v) is 4.55. The van der Waals surface area contributed by atoms with Gasteiger partial charge >= 0.3 is 0 Å². The van der Waals surface area contributed by atoms with Gasteiger partial charge in [0, 0.05) is 49.3 Å². The Hall–Kier alpha value is -1.76. The van der Waals surface area contributed by atoms with Gasteiger partial charge in [0.1, 0.15) is 5.65 Å². The lowest BCUT2D eigenvalue weighted by Crippen LogP contribution is -2.46. The van der Waals surface area contributed by atoms with E-state index in [1.807, 2.05) is 12.1 Å². The minimum absolute atomic E-state index is 0.128. The summed E-state index contributed by atoms with van der Waals surface area (Å²) in [6.45, 7) is 3.44. The van der Waals surface area contributed by atoms with E-state index in [0.29, 0.717) is 19.8 Å². The maximum atomic E-state index is 12.5. The van der Waals surface area contributed by atoms with E-state index in [9.17, 15) is 4.79 Å². The van der Waals surface area contributed by atoms with Crippen LogP contribution >= 0.6 is 0 Å². The highest BCUT2D eigenvalue weighted by Gasteiger charge is 2.40. The molecule has 1 spiro atoms. The van der Waals surface area contributed by atoms with Gasteiger partial charge in [0.2, 0.25) is 0 Å². The van der Waals surface area contributed by atoms with Gasteiger partial charge in [-0.1, -0.05) is 0 Å². The highest BCUT2D eigenvalue weighted by Crippen LogP contribution is 2.31. The number of nitrogens with one attached hydrogen (secondary N) is 1. The number of hydrogen-bond acceptors (Lipinski definition) is 5. The SMILES string of the molecule is O=C(CN1CCC2(CC1)OCCO2)c1c[nH]c2ncccc12. The van der Waals surface area contributed by atoms with E-state index < -0.39 is 0 Å². The summed E-state index contributed by atoms with van der Waals surface area (Å²) in [6, 6.07) is 3.78. The van der Waals surface area contributed by atoms with Crippen LogP contribution in [0.5, 0.6) is 0 Å². The van der Waals surface area contributed by atoms with Crippen molar-refractivity contribution in [2.45, 2.75) is 18.6 Å². The van der Waals surface area contributed by atoms with E-state index in [1.54, 1.807) is 12.4 Å². The minimum Gasteiger partial charge on any atom is -0.347 e. The summed E-state index contributed by atoms with van der Waals surface area (Å²) >= 11 is 0. The Bertz CT molecular complexity index is 681. The number of piperidine rings is 1. The van der Waals surface area contributed by atoms with Crippen LogP contribution in [-0.2, 0) is 9.47 Å². The third-order valence-electron chi connectivity index (χ3n) is 4.55. The van der Waals surface area contributed by atoms with Crippen LogP contribution in [-0.4, -0.2) is 59.3 Å². The molecule has 0 saturated carbocycles. The van der Waals surface area contributed by atoms with Gasteiger partial charge in [0.25, 0.3) is 0 Å². The molecule has 116 valence electrons. The summed E-state index contributed by atoms with van der Waals surface area (Å²) < 4.78 is 11.4. The number of ketones is 1. The van der Waals surface area contributed by atoms with Crippen LogP contribution in [0.15, 0.2) is 24.5 Å². The number of nitrogens with zero attached hydrogens (tertiary/aromatic N) is 2. The van der Waals surface area contributed by atoms with E-state index in [-0.39, 0.29) is 11.6 Å². The van der Waals surface area contributed by atoms with Crippen LogP contribution in [0.2, 0.25) is 0 Å². The predicted molar refractivity (Wildman–Crippen MR) is 80.7 cm³/mol. The molecule has 2 aliphatic heterocycles. The molecule has 1 N–H and O–H groups in total. The third kappa shape index (κ3) is 2.43. The molecule has 2 aromatic rings. The second-order valence-corrected chi connectivity index (χ2v) is 5.91. The molecule has 0 unspecified atom stereocenters. The summed E-state index contributed by atoms with van der Waals surface area (Å²) in [4.78, 5) is 22.0.